The van der Waals surface area contributed by atoms with Crippen LogP contribution in [0.2, 0.25) is 0 Å². The Morgan fingerprint density at radius 2 is 1.77 bits per heavy atom. The highest BCUT2D eigenvalue weighted by atomic mass is 16.2. The van der Waals surface area contributed by atoms with Crippen molar-refractivity contribution in [3.8, 4) is 0 Å². The minimum atomic E-state index is -0.0623. The lowest BCUT2D eigenvalue weighted by Gasteiger charge is -2.42. The monoisotopic (exact) mass is 359 g/mol. The van der Waals surface area contributed by atoms with E-state index in [0.717, 1.165) is 64.1 Å². The number of aryl methyl sites for hydroxylation is 1. The maximum atomic E-state index is 13.0. The Labute approximate surface area is 154 Å². The maximum Gasteiger partial charge on any atom is 0.244 e. The van der Waals surface area contributed by atoms with E-state index in [0.29, 0.717) is 5.91 Å². The summed E-state index contributed by atoms with van der Waals surface area (Å²) in [4.78, 5) is 31.8. The van der Waals surface area contributed by atoms with E-state index >= 15 is 0 Å². The second-order valence-electron chi connectivity index (χ2n) is 7.86. The molecule has 1 atom stereocenters. The minimum absolute atomic E-state index is 0.0623. The van der Waals surface area contributed by atoms with E-state index in [2.05, 4.69) is 10.00 Å². The molecule has 26 heavy (non-hydrogen) atoms. The van der Waals surface area contributed by atoms with Crippen LogP contribution in [0.25, 0.3) is 0 Å². The Kier molecular flexibility index (Phi) is 4.98. The number of piperidine rings is 1. The quantitative estimate of drug-likeness (QED) is 0.815. The standard InChI is InChI=1S/C19H29N5O2/c1-21-14-16(13-20-21)24-8-4-7-17(19(24)26)22-9-11-23(12-10-22)18(25)15-5-2-3-6-15/h13-15,17H,2-12H2,1H3/t17-/m0/s1. The van der Waals surface area contributed by atoms with Gasteiger partial charge in [-0.25, -0.2) is 0 Å². The van der Waals surface area contributed by atoms with E-state index < -0.39 is 0 Å². The van der Waals surface area contributed by atoms with Crippen molar-refractivity contribution in [2.75, 3.05) is 37.6 Å². The maximum absolute atomic E-state index is 13.0. The van der Waals surface area contributed by atoms with Crippen LogP contribution in [-0.2, 0) is 16.6 Å². The van der Waals surface area contributed by atoms with Gasteiger partial charge in [0.1, 0.15) is 0 Å². The number of anilines is 1. The Hall–Kier alpha value is -1.89. The molecule has 2 aliphatic heterocycles. The molecule has 0 spiro atoms. The number of hydrogen-bond acceptors (Lipinski definition) is 4. The van der Waals surface area contributed by atoms with Gasteiger partial charge in [-0.2, -0.15) is 5.10 Å². The first kappa shape index (κ1) is 17.5. The van der Waals surface area contributed by atoms with Crippen LogP contribution in [-0.4, -0.2) is 70.2 Å². The molecule has 2 amide bonds. The highest BCUT2D eigenvalue weighted by Crippen LogP contribution is 2.28. The molecule has 3 fully saturated rings. The summed E-state index contributed by atoms with van der Waals surface area (Å²) in [5, 5.41) is 4.20. The Bertz CT molecular complexity index is 659. The van der Waals surface area contributed by atoms with Crippen LogP contribution < -0.4 is 4.90 Å². The number of amides is 2. The number of hydrogen-bond donors (Lipinski definition) is 0. The fourth-order valence-corrected chi connectivity index (χ4v) is 4.68. The van der Waals surface area contributed by atoms with Gasteiger partial charge in [-0.05, 0) is 25.7 Å². The zero-order valence-corrected chi connectivity index (χ0v) is 15.6. The van der Waals surface area contributed by atoms with E-state index in [1.807, 2.05) is 23.0 Å². The molecule has 2 saturated heterocycles. The van der Waals surface area contributed by atoms with Crippen molar-refractivity contribution < 1.29 is 9.59 Å². The Balaban J connectivity index is 1.36. The minimum Gasteiger partial charge on any atom is -0.340 e. The summed E-state index contributed by atoms with van der Waals surface area (Å²) in [5.74, 6) is 0.771. The predicted molar refractivity (Wildman–Crippen MR) is 98.7 cm³/mol. The van der Waals surface area contributed by atoms with Gasteiger partial charge < -0.3 is 9.80 Å². The van der Waals surface area contributed by atoms with E-state index in [1.165, 1.54) is 12.8 Å². The number of carbonyl (C=O) groups is 2. The third-order valence-corrected chi connectivity index (χ3v) is 6.18. The summed E-state index contributed by atoms with van der Waals surface area (Å²) in [6.07, 6.45) is 10.1. The second-order valence-corrected chi connectivity index (χ2v) is 7.86. The van der Waals surface area contributed by atoms with E-state index in [9.17, 15) is 9.59 Å². The van der Waals surface area contributed by atoms with Crippen LogP contribution in [0, 0.1) is 5.92 Å². The third-order valence-electron chi connectivity index (χ3n) is 6.18. The molecule has 3 aliphatic rings. The average Bonchev–Trinajstić information content (AvgIpc) is 3.33. The summed E-state index contributed by atoms with van der Waals surface area (Å²) in [7, 11) is 1.87. The largest absolute Gasteiger partial charge is 0.340 e. The molecule has 7 heteroatoms. The molecule has 1 aliphatic carbocycles. The molecule has 3 heterocycles. The molecule has 1 aromatic rings. The lowest BCUT2D eigenvalue weighted by atomic mass is 10.0. The second kappa shape index (κ2) is 7.39. The smallest absolute Gasteiger partial charge is 0.244 e. The van der Waals surface area contributed by atoms with Crippen molar-refractivity contribution in [3.63, 3.8) is 0 Å². The van der Waals surface area contributed by atoms with E-state index in [4.69, 9.17) is 0 Å². The fourth-order valence-electron chi connectivity index (χ4n) is 4.68. The number of piperazine rings is 1. The Morgan fingerprint density at radius 1 is 1.04 bits per heavy atom. The first-order valence-electron chi connectivity index (χ1n) is 9.96. The SMILES string of the molecule is Cn1cc(N2CCC[C@H](N3CCN(C(=O)C4CCCC4)CC3)C2=O)cn1. The van der Waals surface area contributed by atoms with Gasteiger partial charge in [0.15, 0.2) is 0 Å². The molecule has 0 aromatic carbocycles. The zero-order valence-electron chi connectivity index (χ0n) is 15.6. The molecular formula is C19H29N5O2. The summed E-state index contributed by atoms with van der Waals surface area (Å²) >= 11 is 0. The molecule has 0 bridgehead atoms. The van der Waals surface area contributed by atoms with Crippen molar-refractivity contribution in [2.45, 2.75) is 44.6 Å². The first-order valence-corrected chi connectivity index (χ1v) is 9.96. The third kappa shape index (κ3) is 3.37. The molecule has 0 unspecified atom stereocenters. The van der Waals surface area contributed by atoms with Gasteiger partial charge in [-0.15, -0.1) is 0 Å². The van der Waals surface area contributed by atoms with Gasteiger partial charge >= 0.3 is 0 Å². The average molecular weight is 359 g/mol. The van der Waals surface area contributed by atoms with Crippen LogP contribution in [0.4, 0.5) is 5.69 Å². The topological polar surface area (TPSA) is 61.7 Å². The number of aromatic nitrogens is 2. The predicted octanol–water partition coefficient (Wildman–Crippen LogP) is 1.25. The van der Waals surface area contributed by atoms with E-state index in [1.54, 1.807) is 10.9 Å². The lowest BCUT2D eigenvalue weighted by Crippen LogP contribution is -2.58. The summed E-state index contributed by atoms with van der Waals surface area (Å²) in [5.41, 5.74) is 0.886. The van der Waals surface area contributed by atoms with Crippen LogP contribution >= 0.6 is 0 Å². The number of rotatable bonds is 3. The lowest BCUT2D eigenvalue weighted by molar-refractivity contribution is -0.138. The van der Waals surface area contributed by atoms with Crippen molar-refractivity contribution in [3.05, 3.63) is 12.4 Å². The Morgan fingerprint density at radius 3 is 2.42 bits per heavy atom. The molecule has 0 radical (unpaired) electrons. The van der Waals surface area contributed by atoms with Crippen molar-refractivity contribution in [1.82, 2.24) is 19.6 Å². The van der Waals surface area contributed by atoms with Gasteiger partial charge in [0.05, 0.1) is 17.9 Å². The molecule has 1 aromatic heterocycles. The van der Waals surface area contributed by atoms with Crippen LogP contribution in [0.1, 0.15) is 38.5 Å². The van der Waals surface area contributed by atoms with Gasteiger partial charge in [0.25, 0.3) is 0 Å². The number of carbonyl (C=O) groups excluding carboxylic acids is 2. The highest BCUT2D eigenvalue weighted by molar-refractivity contribution is 5.97. The molecule has 1 saturated carbocycles. The van der Waals surface area contributed by atoms with Gasteiger partial charge in [-0.3, -0.25) is 19.2 Å². The molecule has 142 valence electrons. The van der Waals surface area contributed by atoms with Crippen LogP contribution in [0.3, 0.4) is 0 Å². The summed E-state index contributed by atoms with van der Waals surface area (Å²) in [6.45, 7) is 3.88. The normalized spacial score (nSPS) is 25.9. The van der Waals surface area contributed by atoms with Gasteiger partial charge in [0.2, 0.25) is 11.8 Å². The van der Waals surface area contributed by atoms with E-state index in [-0.39, 0.29) is 17.9 Å². The first-order chi connectivity index (χ1) is 12.6. The number of nitrogens with zero attached hydrogens (tertiary/aromatic N) is 5. The van der Waals surface area contributed by atoms with Crippen LogP contribution in [0.15, 0.2) is 12.4 Å². The molecule has 7 nitrogen and oxygen atoms in total. The molecular weight excluding hydrogens is 330 g/mol. The fraction of sp³-hybridized carbons (Fsp3) is 0.737. The van der Waals surface area contributed by atoms with Crippen molar-refractivity contribution in [2.24, 2.45) is 13.0 Å². The highest BCUT2D eigenvalue weighted by Gasteiger charge is 2.37. The van der Waals surface area contributed by atoms with Gasteiger partial charge in [0, 0.05) is 51.9 Å². The van der Waals surface area contributed by atoms with Crippen molar-refractivity contribution in [1.29, 1.82) is 0 Å². The van der Waals surface area contributed by atoms with Crippen molar-refractivity contribution >= 4 is 17.5 Å². The molecule has 4 rings (SSSR count). The summed E-state index contributed by atoms with van der Waals surface area (Å²) < 4.78 is 1.74. The summed E-state index contributed by atoms with van der Waals surface area (Å²) in [6, 6.07) is -0.0623. The molecule has 0 N–H and O–H groups in total. The zero-order chi connectivity index (χ0) is 18.1. The van der Waals surface area contributed by atoms with Gasteiger partial charge in [-0.1, -0.05) is 12.8 Å². The van der Waals surface area contributed by atoms with Crippen LogP contribution in [0.5, 0.6) is 0 Å².